The fourth-order valence-corrected chi connectivity index (χ4v) is 3.76. The van der Waals surface area contributed by atoms with E-state index in [1.807, 2.05) is 17.0 Å². The van der Waals surface area contributed by atoms with Crippen LogP contribution in [-0.4, -0.2) is 52.0 Å². The lowest BCUT2D eigenvalue weighted by Gasteiger charge is -2.36. The molecule has 1 aliphatic heterocycles. The summed E-state index contributed by atoms with van der Waals surface area (Å²) in [5.74, 6) is -0.0537. The molecule has 1 aromatic heterocycles. The quantitative estimate of drug-likeness (QED) is 0.686. The molecular formula is C23H27N5O. The zero-order valence-corrected chi connectivity index (χ0v) is 17.3. The van der Waals surface area contributed by atoms with Gasteiger partial charge in [0.1, 0.15) is 0 Å². The number of hydrogen-bond donors (Lipinski definition) is 0. The molecule has 29 heavy (non-hydrogen) atoms. The highest BCUT2D eigenvalue weighted by Crippen LogP contribution is 2.24. The lowest BCUT2D eigenvalue weighted by Crippen LogP contribution is -2.49. The van der Waals surface area contributed by atoms with Crippen molar-refractivity contribution in [2.45, 2.75) is 27.2 Å². The van der Waals surface area contributed by atoms with Crippen LogP contribution in [0.15, 0.2) is 48.7 Å². The topological polar surface area (TPSA) is 54.3 Å². The van der Waals surface area contributed by atoms with E-state index in [-0.39, 0.29) is 5.91 Å². The zero-order chi connectivity index (χ0) is 20.4. The monoisotopic (exact) mass is 389 g/mol. The van der Waals surface area contributed by atoms with Crippen molar-refractivity contribution in [1.29, 1.82) is 0 Å². The number of piperazine rings is 1. The normalized spacial score (nSPS) is 14.3. The van der Waals surface area contributed by atoms with Gasteiger partial charge < -0.3 is 9.80 Å². The minimum atomic E-state index is -0.0537. The molecule has 0 N–H and O–H groups in total. The second-order valence-electron chi connectivity index (χ2n) is 7.57. The van der Waals surface area contributed by atoms with Gasteiger partial charge in [0, 0.05) is 31.9 Å². The summed E-state index contributed by atoms with van der Waals surface area (Å²) in [6.07, 6.45) is 2.72. The van der Waals surface area contributed by atoms with Crippen LogP contribution in [0.4, 0.5) is 5.69 Å². The molecule has 1 saturated heterocycles. The largest absolute Gasteiger partial charge is 0.368 e. The van der Waals surface area contributed by atoms with Gasteiger partial charge in [-0.25, -0.2) is 4.68 Å². The maximum absolute atomic E-state index is 12.9. The van der Waals surface area contributed by atoms with Crippen LogP contribution in [0.1, 0.15) is 34.1 Å². The van der Waals surface area contributed by atoms with Crippen molar-refractivity contribution in [3.8, 4) is 5.69 Å². The van der Waals surface area contributed by atoms with Crippen molar-refractivity contribution in [3.05, 3.63) is 71.0 Å². The molecule has 2 heterocycles. The Morgan fingerprint density at radius 3 is 2.41 bits per heavy atom. The molecule has 0 atom stereocenters. The summed E-state index contributed by atoms with van der Waals surface area (Å²) < 4.78 is 1.67. The number of benzene rings is 2. The van der Waals surface area contributed by atoms with Crippen LogP contribution in [-0.2, 0) is 6.42 Å². The second-order valence-corrected chi connectivity index (χ2v) is 7.57. The van der Waals surface area contributed by atoms with Crippen LogP contribution in [0.5, 0.6) is 0 Å². The van der Waals surface area contributed by atoms with Crippen LogP contribution < -0.4 is 4.90 Å². The number of amides is 1. The van der Waals surface area contributed by atoms with Crippen LogP contribution in [0.25, 0.3) is 5.69 Å². The highest BCUT2D eigenvalue weighted by Gasteiger charge is 2.25. The summed E-state index contributed by atoms with van der Waals surface area (Å²) in [5, 5.41) is 8.27. The predicted octanol–water partition coefficient (Wildman–Crippen LogP) is 3.41. The smallest absolute Gasteiger partial charge is 0.276 e. The molecule has 0 aliphatic carbocycles. The van der Waals surface area contributed by atoms with Crippen molar-refractivity contribution in [3.63, 3.8) is 0 Å². The maximum Gasteiger partial charge on any atom is 0.276 e. The second kappa shape index (κ2) is 8.07. The molecule has 0 spiro atoms. The molecule has 6 nitrogen and oxygen atoms in total. The van der Waals surface area contributed by atoms with Gasteiger partial charge in [0.2, 0.25) is 0 Å². The Hall–Kier alpha value is -3.15. The summed E-state index contributed by atoms with van der Waals surface area (Å²) in [4.78, 5) is 17.1. The van der Waals surface area contributed by atoms with E-state index in [2.05, 4.69) is 66.3 Å². The van der Waals surface area contributed by atoms with Gasteiger partial charge in [-0.15, -0.1) is 5.10 Å². The van der Waals surface area contributed by atoms with Gasteiger partial charge >= 0.3 is 0 Å². The van der Waals surface area contributed by atoms with E-state index < -0.39 is 0 Å². The standard InChI is InChI=1S/C23H27N5O/c1-4-19-8-10-20(11-9-19)28-16-21(24-25-28)23(29)27-14-12-26(13-15-27)22-7-5-6-17(2)18(22)3/h5-11,16H,4,12-15H2,1-3H3. The highest BCUT2D eigenvalue weighted by atomic mass is 16.2. The number of rotatable bonds is 4. The van der Waals surface area contributed by atoms with Gasteiger partial charge in [-0.05, 0) is 55.2 Å². The van der Waals surface area contributed by atoms with Gasteiger partial charge in [0.25, 0.3) is 5.91 Å². The molecule has 0 bridgehead atoms. The summed E-state index contributed by atoms with van der Waals surface area (Å²) in [7, 11) is 0. The summed E-state index contributed by atoms with van der Waals surface area (Å²) in [6, 6.07) is 14.6. The van der Waals surface area contributed by atoms with Crippen LogP contribution in [0.2, 0.25) is 0 Å². The molecule has 1 aliphatic rings. The first-order chi connectivity index (χ1) is 14.1. The number of carbonyl (C=O) groups is 1. The molecule has 1 fully saturated rings. The fourth-order valence-electron chi connectivity index (χ4n) is 3.76. The predicted molar refractivity (Wildman–Crippen MR) is 115 cm³/mol. The first kappa shape index (κ1) is 19.2. The Bertz CT molecular complexity index is 1000. The first-order valence-corrected chi connectivity index (χ1v) is 10.2. The average molecular weight is 390 g/mol. The lowest BCUT2D eigenvalue weighted by molar-refractivity contribution is 0.0740. The first-order valence-electron chi connectivity index (χ1n) is 10.2. The lowest BCUT2D eigenvalue weighted by atomic mass is 10.1. The van der Waals surface area contributed by atoms with E-state index in [0.29, 0.717) is 18.8 Å². The van der Waals surface area contributed by atoms with E-state index in [9.17, 15) is 4.79 Å². The van der Waals surface area contributed by atoms with Crippen LogP contribution >= 0.6 is 0 Å². The number of nitrogens with zero attached hydrogens (tertiary/aromatic N) is 5. The number of carbonyl (C=O) groups excluding carboxylic acids is 1. The molecule has 6 heteroatoms. The maximum atomic E-state index is 12.9. The van der Waals surface area contributed by atoms with Crippen molar-refractivity contribution < 1.29 is 4.79 Å². The minimum absolute atomic E-state index is 0.0537. The molecule has 0 unspecified atom stereocenters. The Labute approximate surface area is 171 Å². The van der Waals surface area contributed by atoms with E-state index in [0.717, 1.165) is 25.2 Å². The third-order valence-electron chi connectivity index (χ3n) is 5.81. The number of aryl methyl sites for hydroxylation is 2. The molecular weight excluding hydrogens is 362 g/mol. The zero-order valence-electron chi connectivity index (χ0n) is 17.3. The Balaban J connectivity index is 1.42. The molecule has 0 saturated carbocycles. The third kappa shape index (κ3) is 3.88. The summed E-state index contributed by atoms with van der Waals surface area (Å²) >= 11 is 0. The van der Waals surface area contributed by atoms with Crippen molar-refractivity contribution in [2.75, 3.05) is 31.1 Å². The van der Waals surface area contributed by atoms with Gasteiger partial charge in [-0.3, -0.25) is 4.79 Å². The van der Waals surface area contributed by atoms with Gasteiger partial charge in [0.05, 0.1) is 11.9 Å². The minimum Gasteiger partial charge on any atom is -0.368 e. The van der Waals surface area contributed by atoms with E-state index in [1.165, 1.54) is 22.4 Å². The van der Waals surface area contributed by atoms with E-state index in [1.54, 1.807) is 10.9 Å². The van der Waals surface area contributed by atoms with Gasteiger partial charge in [-0.1, -0.05) is 36.4 Å². The van der Waals surface area contributed by atoms with Crippen LogP contribution in [0.3, 0.4) is 0 Å². The SMILES string of the molecule is CCc1ccc(-n2cc(C(=O)N3CCN(c4cccc(C)c4C)CC3)nn2)cc1. The molecule has 2 aromatic carbocycles. The molecule has 0 radical (unpaired) electrons. The summed E-state index contributed by atoms with van der Waals surface area (Å²) in [6.45, 7) is 9.44. The molecule has 150 valence electrons. The number of anilines is 1. The Morgan fingerprint density at radius 1 is 1.00 bits per heavy atom. The van der Waals surface area contributed by atoms with Gasteiger partial charge in [-0.2, -0.15) is 0 Å². The molecule has 1 amide bonds. The van der Waals surface area contributed by atoms with Crippen LogP contribution in [0, 0.1) is 13.8 Å². The fraction of sp³-hybridized carbons (Fsp3) is 0.348. The van der Waals surface area contributed by atoms with Gasteiger partial charge in [0.15, 0.2) is 5.69 Å². The van der Waals surface area contributed by atoms with Crippen molar-refractivity contribution in [2.24, 2.45) is 0 Å². The molecule has 4 rings (SSSR count). The molecule has 3 aromatic rings. The van der Waals surface area contributed by atoms with Crippen molar-refractivity contribution in [1.82, 2.24) is 19.9 Å². The Morgan fingerprint density at radius 2 is 1.72 bits per heavy atom. The van der Waals surface area contributed by atoms with E-state index in [4.69, 9.17) is 0 Å². The summed E-state index contributed by atoms with van der Waals surface area (Å²) in [5.41, 5.74) is 6.44. The van der Waals surface area contributed by atoms with Crippen molar-refractivity contribution >= 4 is 11.6 Å². The van der Waals surface area contributed by atoms with E-state index >= 15 is 0 Å². The average Bonchev–Trinajstić information content (AvgIpc) is 3.26. The third-order valence-corrected chi connectivity index (χ3v) is 5.81. The number of aromatic nitrogens is 3. The number of hydrogen-bond acceptors (Lipinski definition) is 4. The Kier molecular flexibility index (Phi) is 5.34. The highest BCUT2D eigenvalue weighted by molar-refractivity contribution is 5.92.